The van der Waals surface area contributed by atoms with Crippen LogP contribution in [0.1, 0.15) is 25.1 Å². The molecule has 0 amide bonds. The average Bonchev–Trinajstić information content (AvgIpc) is 3.27. The van der Waals surface area contributed by atoms with E-state index in [1.807, 2.05) is 54.1 Å². The Kier molecular flexibility index (Phi) is 4.94. The summed E-state index contributed by atoms with van der Waals surface area (Å²) < 4.78 is 6.30. The summed E-state index contributed by atoms with van der Waals surface area (Å²) in [7, 11) is 0. The van der Waals surface area contributed by atoms with Crippen LogP contribution < -0.4 is 10.6 Å². The maximum atomic E-state index is 9.76. The Morgan fingerprint density at radius 1 is 1.21 bits per heavy atom. The summed E-state index contributed by atoms with van der Waals surface area (Å²) in [6.07, 6.45) is 1.95. The lowest BCUT2D eigenvalue weighted by Gasteiger charge is -2.15. The highest BCUT2D eigenvalue weighted by Gasteiger charge is 2.15. The van der Waals surface area contributed by atoms with Gasteiger partial charge in [-0.15, -0.1) is 0 Å². The van der Waals surface area contributed by atoms with Gasteiger partial charge in [0.15, 0.2) is 5.82 Å². The Bertz CT molecular complexity index is 1190. The molecule has 1 aromatic carbocycles. The highest BCUT2D eigenvalue weighted by molar-refractivity contribution is 7.10. The molecular weight excluding hydrogens is 384 g/mol. The van der Waals surface area contributed by atoms with Crippen molar-refractivity contribution in [3.8, 4) is 5.69 Å². The minimum atomic E-state index is 0.0337. The van der Waals surface area contributed by atoms with Crippen LogP contribution in [0.25, 0.3) is 22.5 Å². The molecule has 3 heterocycles. The van der Waals surface area contributed by atoms with E-state index >= 15 is 0 Å². The first-order chi connectivity index (χ1) is 13.9. The van der Waals surface area contributed by atoms with Gasteiger partial charge in [0.25, 0.3) is 0 Å². The van der Waals surface area contributed by atoms with E-state index < -0.39 is 0 Å². The van der Waals surface area contributed by atoms with Gasteiger partial charge >= 0.3 is 0 Å². The van der Waals surface area contributed by atoms with Gasteiger partial charge in [0, 0.05) is 23.5 Å². The molecule has 29 heavy (non-hydrogen) atoms. The molecule has 7 nitrogen and oxygen atoms in total. The van der Waals surface area contributed by atoms with Crippen LogP contribution in [0.15, 0.2) is 49.2 Å². The zero-order chi connectivity index (χ0) is 20.5. The second kappa shape index (κ2) is 7.56. The van der Waals surface area contributed by atoms with Gasteiger partial charge in [-0.2, -0.15) is 9.36 Å². The summed E-state index contributed by atoms with van der Waals surface area (Å²) in [5.41, 5.74) is 4.19. The first-order valence-corrected chi connectivity index (χ1v) is 10.0. The quantitative estimate of drug-likeness (QED) is 0.378. The topological polar surface area (TPSA) is 87.9 Å². The highest BCUT2D eigenvalue weighted by atomic mass is 32.1. The van der Waals surface area contributed by atoms with Gasteiger partial charge in [-0.3, -0.25) is 0 Å². The van der Waals surface area contributed by atoms with Crippen molar-refractivity contribution in [3.05, 3.63) is 60.4 Å². The fraction of sp³-hybridized carbons (Fsp3) is 0.190. The molecule has 0 aliphatic rings. The molecule has 0 bridgehead atoms. The number of nitrogens with zero attached hydrogens (tertiary/aromatic N) is 4. The van der Waals surface area contributed by atoms with Crippen LogP contribution in [-0.4, -0.2) is 30.1 Å². The lowest BCUT2D eigenvalue weighted by Crippen LogP contribution is -2.13. The van der Waals surface area contributed by atoms with E-state index in [4.69, 9.17) is 4.98 Å². The molecule has 0 aliphatic heterocycles. The first kappa shape index (κ1) is 18.9. The van der Waals surface area contributed by atoms with E-state index in [1.54, 1.807) is 0 Å². The molecule has 0 saturated carbocycles. The molecule has 8 heteroatoms. The van der Waals surface area contributed by atoms with E-state index in [2.05, 4.69) is 40.4 Å². The molecule has 0 fully saturated rings. The molecule has 4 rings (SSSR count). The Morgan fingerprint density at radius 3 is 2.72 bits per heavy atom. The average molecular weight is 407 g/mol. The lowest BCUT2D eigenvalue weighted by molar-refractivity contribution is 0.514. The Hall–Kier alpha value is -3.39. The smallest absolute Gasteiger partial charge is 0.230 e. The second-order valence-electron chi connectivity index (χ2n) is 7.07. The number of aromatic nitrogens is 4. The predicted molar refractivity (Wildman–Crippen MR) is 119 cm³/mol. The number of aliphatic hydroxyl groups excluding tert-OH is 1. The van der Waals surface area contributed by atoms with Gasteiger partial charge in [-0.25, -0.2) is 4.98 Å². The number of anilines is 3. The van der Waals surface area contributed by atoms with Crippen LogP contribution in [0, 0.1) is 6.92 Å². The summed E-state index contributed by atoms with van der Waals surface area (Å²) >= 11 is 1.38. The van der Waals surface area contributed by atoms with E-state index in [-0.39, 0.29) is 11.8 Å². The molecule has 0 radical (unpaired) electrons. The predicted octanol–water partition coefficient (Wildman–Crippen LogP) is 5.28. The minimum absolute atomic E-state index is 0.0337. The molecule has 0 unspecified atom stereocenters. The summed E-state index contributed by atoms with van der Waals surface area (Å²) in [6, 6.07) is 11.7. The van der Waals surface area contributed by atoms with Crippen LogP contribution in [-0.2, 0) is 0 Å². The first-order valence-electron chi connectivity index (χ1n) is 9.25. The number of hydrogen-bond acceptors (Lipinski definition) is 7. The number of hydrogen-bond donors (Lipinski definition) is 3. The van der Waals surface area contributed by atoms with Gasteiger partial charge in [0.1, 0.15) is 16.3 Å². The normalized spacial score (nSPS) is 11.2. The molecular formula is C21H22N6OS. The van der Waals surface area contributed by atoms with E-state index in [0.29, 0.717) is 11.5 Å². The van der Waals surface area contributed by atoms with Gasteiger partial charge in [-0.05, 0) is 56.6 Å². The second-order valence-corrected chi connectivity index (χ2v) is 7.87. The largest absolute Gasteiger partial charge is 0.508 e. The van der Waals surface area contributed by atoms with Crippen molar-refractivity contribution in [1.29, 1.82) is 0 Å². The number of aryl methyl sites for hydroxylation is 1. The van der Waals surface area contributed by atoms with Crippen molar-refractivity contribution in [2.45, 2.75) is 26.8 Å². The third-order valence-corrected chi connectivity index (χ3v) is 5.08. The van der Waals surface area contributed by atoms with Crippen LogP contribution in [0.3, 0.4) is 0 Å². The van der Waals surface area contributed by atoms with Crippen LogP contribution >= 0.6 is 11.5 Å². The van der Waals surface area contributed by atoms with Crippen molar-refractivity contribution >= 4 is 45.1 Å². The van der Waals surface area contributed by atoms with Crippen LogP contribution in [0.2, 0.25) is 0 Å². The zero-order valence-corrected chi connectivity index (χ0v) is 17.3. The maximum Gasteiger partial charge on any atom is 0.230 e. The number of aliphatic hydroxyl groups is 1. The van der Waals surface area contributed by atoms with E-state index in [9.17, 15) is 5.11 Å². The van der Waals surface area contributed by atoms with Crippen LogP contribution in [0.4, 0.5) is 16.8 Å². The molecule has 0 atom stereocenters. The fourth-order valence-corrected chi connectivity index (χ4v) is 3.71. The minimum Gasteiger partial charge on any atom is -0.508 e. The fourth-order valence-electron chi connectivity index (χ4n) is 3.06. The van der Waals surface area contributed by atoms with Crippen LogP contribution in [0.5, 0.6) is 0 Å². The molecule has 3 N–H and O–H groups in total. The lowest BCUT2D eigenvalue weighted by atomic mass is 10.2. The van der Waals surface area contributed by atoms with Gasteiger partial charge in [0.05, 0.1) is 11.2 Å². The monoisotopic (exact) mass is 406 g/mol. The van der Waals surface area contributed by atoms with Crippen molar-refractivity contribution in [2.24, 2.45) is 0 Å². The van der Waals surface area contributed by atoms with Crippen molar-refractivity contribution < 1.29 is 5.11 Å². The summed E-state index contributed by atoms with van der Waals surface area (Å²) in [5.74, 6) is 1.28. The molecule has 148 valence electrons. The molecule has 0 spiro atoms. The third kappa shape index (κ3) is 3.93. The number of nitrogens with one attached hydrogen (secondary N) is 2. The SMILES string of the molecule is C=C(O)c1cccc(-n2ccc3nc(Nc4cc(C)ns4)nc(NC(C)C)c32)c1. The summed E-state index contributed by atoms with van der Waals surface area (Å²) in [6.45, 7) is 9.70. The summed E-state index contributed by atoms with van der Waals surface area (Å²) in [5, 5.41) is 17.3. The number of rotatable bonds is 6. The highest BCUT2D eigenvalue weighted by Crippen LogP contribution is 2.29. The standard InChI is InChI=1S/C21H22N6OS/c1-12(2)22-20-19-17(23-21(25-20)24-18-10-13(3)26-29-18)8-9-27(19)16-7-5-6-15(11-16)14(4)28/h5-12,28H,4H2,1-3H3,(H2,22,23,24,25). The molecule has 0 saturated heterocycles. The number of fused-ring (bicyclic) bond motifs is 1. The summed E-state index contributed by atoms with van der Waals surface area (Å²) in [4.78, 5) is 9.40. The van der Waals surface area contributed by atoms with E-state index in [0.717, 1.165) is 33.2 Å². The molecule has 3 aromatic heterocycles. The number of benzene rings is 1. The Morgan fingerprint density at radius 2 is 2.03 bits per heavy atom. The molecule has 0 aliphatic carbocycles. The van der Waals surface area contributed by atoms with Gasteiger partial charge in [-0.1, -0.05) is 18.7 Å². The Balaban J connectivity index is 1.83. The third-order valence-electron chi connectivity index (χ3n) is 4.28. The maximum absolute atomic E-state index is 9.76. The van der Waals surface area contributed by atoms with Crippen molar-refractivity contribution in [3.63, 3.8) is 0 Å². The van der Waals surface area contributed by atoms with E-state index in [1.165, 1.54) is 11.5 Å². The van der Waals surface area contributed by atoms with Gasteiger partial charge < -0.3 is 20.3 Å². The molecule has 4 aromatic rings. The Labute approximate surface area is 172 Å². The van der Waals surface area contributed by atoms with Gasteiger partial charge in [0.2, 0.25) is 5.95 Å². The van der Waals surface area contributed by atoms with Crippen molar-refractivity contribution in [2.75, 3.05) is 10.6 Å². The zero-order valence-electron chi connectivity index (χ0n) is 16.5. The van der Waals surface area contributed by atoms with Crippen molar-refractivity contribution in [1.82, 2.24) is 18.9 Å².